The number of aromatic nitrogens is 2. The zero-order valence-corrected chi connectivity index (χ0v) is 13.4. The van der Waals surface area contributed by atoms with Crippen molar-refractivity contribution in [2.45, 2.75) is 19.4 Å². The van der Waals surface area contributed by atoms with Crippen molar-refractivity contribution in [1.82, 2.24) is 15.3 Å². The van der Waals surface area contributed by atoms with Gasteiger partial charge in [-0.15, -0.1) is 0 Å². The lowest BCUT2D eigenvalue weighted by Gasteiger charge is -2.16. The number of benzene rings is 1. The highest BCUT2D eigenvalue weighted by atomic mass is 16.5. The Morgan fingerprint density at radius 2 is 2.09 bits per heavy atom. The summed E-state index contributed by atoms with van der Waals surface area (Å²) < 4.78 is 10.4. The molecule has 2 rings (SSSR count). The minimum absolute atomic E-state index is 0.0871. The van der Waals surface area contributed by atoms with Gasteiger partial charge in [-0.3, -0.25) is 9.97 Å². The molecule has 0 fully saturated rings. The number of nitrogens with zero attached hydrogens (tertiary/aromatic N) is 2. The van der Waals surface area contributed by atoms with E-state index in [2.05, 4.69) is 20.6 Å². The number of ether oxygens (including phenoxy) is 2. The monoisotopic (exact) mass is 316 g/mol. The van der Waals surface area contributed by atoms with Crippen LogP contribution in [0.3, 0.4) is 0 Å². The number of carbonyl (C=O) groups is 1. The van der Waals surface area contributed by atoms with Gasteiger partial charge in [-0.2, -0.15) is 0 Å². The van der Waals surface area contributed by atoms with E-state index in [0.717, 1.165) is 5.69 Å². The highest BCUT2D eigenvalue weighted by Gasteiger charge is 2.12. The quantitative estimate of drug-likeness (QED) is 0.853. The molecule has 0 aliphatic rings. The third-order valence-corrected chi connectivity index (χ3v) is 3.17. The van der Waals surface area contributed by atoms with Gasteiger partial charge in [0.05, 0.1) is 25.6 Å². The maximum absolute atomic E-state index is 12.1. The van der Waals surface area contributed by atoms with Crippen LogP contribution in [0.4, 0.5) is 10.5 Å². The Balaban J connectivity index is 1.94. The van der Waals surface area contributed by atoms with E-state index in [9.17, 15) is 4.79 Å². The predicted octanol–water partition coefficient (Wildman–Crippen LogP) is 2.25. The molecular weight excluding hydrogens is 296 g/mol. The van der Waals surface area contributed by atoms with Crippen molar-refractivity contribution in [3.63, 3.8) is 0 Å². The van der Waals surface area contributed by atoms with Crippen molar-refractivity contribution in [3.8, 4) is 11.5 Å². The van der Waals surface area contributed by atoms with Crippen LogP contribution in [0.15, 0.2) is 36.8 Å². The lowest BCUT2D eigenvalue weighted by Crippen LogP contribution is -2.37. The van der Waals surface area contributed by atoms with Gasteiger partial charge in [0.15, 0.2) is 0 Å². The molecule has 0 saturated carbocycles. The molecule has 122 valence electrons. The highest BCUT2D eigenvalue weighted by Crippen LogP contribution is 2.28. The Labute approximate surface area is 135 Å². The summed E-state index contributed by atoms with van der Waals surface area (Å²) in [6.07, 6.45) is 5.53. The van der Waals surface area contributed by atoms with E-state index in [4.69, 9.17) is 9.47 Å². The molecule has 2 aromatic rings. The van der Waals surface area contributed by atoms with Crippen LogP contribution in [0.5, 0.6) is 11.5 Å². The fourth-order valence-corrected chi connectivity index (χ4v) is 2.08. The average Bonchev–Trinajstić information content (AvgIpc) is 2.55. The molecule has 7 heteroatoms. The van der Waals surface area contributed by atoms with Crippen LogP contribution in [0, 0.1) is 0 Å². The molecule has 0 spiro atoms. The van der Waals surface area contributed by atoms with Gasteiger partial charge in [-0.25, -0.2) is 4.79 Å². The lowest BCUT2D eigenvalue weighted by molar-refractivity contribution is 0.249. The first-order valence-corrected chi connectivity index (χ1v) is 7.16. The van der Waals surface area contributed by atoms with Gasteiger partial charge in [0, 0.05) is 37.1 Å². The molecule has 0 radical (unpaired) electrons. The standard InChI is InChI=1S/C16H20N4O3/c1-11(8-12-10-17-6-7-18-12)19-16(21)20-14-5-4-13(22-2)9-15(14)23-3/h4-7,9-11H,8H2,1-3H3,(H2,19,20,21). The number of anilines is 1. The third kappa shape index (κ3) is 4.84. The van der Waals surface area contributed by atoms with Gasteiger partial charge in [0.2, 0.25) is 0 Å². The van der Waals surface area contributed by atoms with Crippen molar-refractivity contribution in [3.05, 3.63) is 42.5 Å². The third-order valence-electron chi connectivity index (χ3n) is 3.17. The molecule has 1 aromatic carbocycles. The summed E-state index contributed by atoms with van der Waals surface area (Å²) in [5.74, 6) is 1.19. The molecule has 0 aliphatic heterocycles. The van der Waals surface area contributed by atoms with E-state index in [1.54, 1.807) is 43.9 Å². The fourth-order valence-electron chi connectivity index (χ4n) is 2.08. The maximum atomic E-state index is 12.1. The minimum atomic E-state index is -0.315. The van der Waals surface area contributed by atoms with E-state index < -0.39 is 0 Å². The number of hydrogen-bond donors (Lipinski definition) is 2. The van der Waals surface area contributed by atoms with Crippen LogP contribution in [0.25, 0.3) is 0 Å². The van der Waals surface area contributed by atoms with E-state index in [0.29, 0.717) is 23.6 Å². The molecule has 0 saturated heterocycles. The largest absolute Gasteiger partial charge is 0.497 e. The molecule has 1 atom stereocenters. The molecule has 1 unspecified atom stereocenters. The Morgan fingerprint density at radius 1 is 1.26 bits per heavy atom. The molecule has 2 N–H and O–H groups in total. The second-order valence-electron chi connectivity index (χ2n) is 4.97. The van der Waals surface area contributed by atoms with Gasteiger partial charge in [-0.05, 0) is 19.1 Å². The summed E-state index contributed by atoms with van der Waals surface area (Å²) in [5.41, 5.74) is 1.39. The minimum Gasteiger partial charge on any atom is -0.497 e. The number of amides is 2. The molecule has 1 heterocycles. The molecule has 7 nitrogen and oxygen atoms in total. The molecule has 2 amide bonds. The molecule has 1 aromatic heterocycles. The van der Waals surface area contributed by atoms with Crippen LogP contribution in [-0.4, -0.2) is 36.3 Å². The van der Waals surface area contributed by atoms with E-state index in [-0.39, 0.29) is 12.1 Å². The number of carbonyl (C=O) groups excluding carboxylic acids is 1. The summed E-state index contributed by atoms with van der Waals surface area (Å²) >= 11 is 0. The van der Waals surface area contributed by atoms with E-state index in [1.807, 2.05) is 6.92 Å². The number of rotatable bonds is 6. The summed E-state index contributed by atoms with van der Waals surface area (Å²) in [4.78, 5) is 20.3. The normalized spacial score (nSPS) is 11.4. The van der Waals surface area contributed by atoms with Crippen molar-refractivity contribution < 1.29 is 14.3 Å². The smallest absolute Gasteiger partial charge is 0.319 e. The number of methoxy groups -OCH3 is 2. The zero-order valence-electron chi connectivity index (χ0n) is 13.4. The number of nitrogens with one attached hydrogen (secondary N) is 2. The molecule has 0 bridgehead atoms. The maximum Gasteiger partial charge on any atom is 0.319 e. The second kappa shape index (κ2) is 7.98. The van der Waals surface area contributed by atoms with Gasteiger partial charge in [-0.1, -0.05) is 0 Å². The summed E-state index contributed by atoms with van der Waals surface area (Å²) in [5, 5.41) is 5.61. The first-order valence-electron chi connectivity index (χ1n) is 7.16. The molecular formula is C16H20N4O3. The summed E-state index contributed by atoms with van der Waals surface area (Å²) in [6.45, 7) is 1.90. The van der Waals surface area contributed by atoms with Gasteiger partial charge >= 0.3 is 6.03 Å². The second-order valence-corrected chi connectivity index (χ2v) is 4.97. The Hall–Kier alpha value is -2.83. The van der Waals surface area contributed by atoms with Crippen LogP contribution in [0.1, 0.15) is 12.6 Å². The Morgan fingerprint density at radius 3 is 2.74 bits per heavy atom. The van der Waals surface area contributed by atoms with Crippen molar-refractivity contribution in [2.24, 2.45) is 0 Å². The zero-order chi connectivity index (χ0) is 16.7. The average molecular weight is 316 g/mol. The van der Waals surface area contributed by atoms with Crippen LogP contribution < -0.4 is 20.1 Å². The predicted molar refractivity (Wildman–Crippen MR) is 86.9 cm³/mol. The van der Waals surface area contributed by atoms with Crippen molar-refractivity contribution in [2.75, 3.05) is 19.5 Å². The van der Waals surface area contributed by atoms with Gasteiger partial charge < -0.3 is 20.1 Å². The van der Waals surface area contributed by atoms with Crippen LogP contribution >= 0.6 is 0 Å². The molecule has 23 heavy (non-hydrogen) atoms. The Bertz CT molecular complexity index is 649. The first kappa shape index (κ1) is 16.5. The fraction of sp³-hybridized carbons (Fsp3) is 0.312. The summed E-state index contributed by atoms with van der Waals surface area (Å²) in [7, 11) is 3.11. The Kier molecular flexibility index (Phi) is 5.74. The SMILES string of the molecule is COc1ccc(NC(=O)NC(C)Cc2cnccn2)c(OC)c1. The number of hydrogen-bond acceptors (Lipinski definition) is 5. The molecule has 0 aliphatic carbocycles. The highest BCUT2D eigenvalue weighted by molar-refractivity contribution is 5.91. The van der Waals surface area contributed by atoms with E-state index in [1.165, 1.54) is 7.11 Å². The first-order chi connectivity index (χ1) is 11.1. The van der Waals surface area contributed by atoms with Crippen molar-refractivity contribution >= 4 is 11.7 Å². The van der Waals surface area contributed by atoms with E-state index >= 15 is 0 Å². The van der Waals surface area contributed by atoms with Gasteiger partial charge in [0.1, 0.15) is 11.5 Å². The van der Waals surface area contributed by atoms with Crippen LogP contribution in [0.2, 0.25) is 0 Å². The summed E-state index contributed by atoms with van der Waals surface area (Å²) in [6, 6.07) is 4.78. The lowest BCUT2D eigenvalue weighted by atomic mass is 10.2. The van der Waals surface area contributed by atoms with Gasteiger partial charge in [0.25, 0.3) is 0 Å². The van der Waals surface area contributed by atoms with Crippen molar-refractivity contribution in [1.29, 1.82) is 0 Å². The van der Waals surface area contributed by atoms with Crippen LogP contribution in [-0.2, 0) is 6.42 Å². The number of urea groups is 1. The topological polar surface area (TPSA) is 85.4 Å².